The highest BCUT2D eigenvalue weighted by Gasteiger charge is 2.09. The summed E-state index contributed by atoms with van der Waals surface area (Å²) in [6, 6.07) is 3.90. The maximum atomic E-state index is 7.14. The molecule has 0 bridgehead atoms. The first-order valence-electron chi connectivity index (χ1n) is 4.51. The standard InChI is InChI=1S/C9H16N6/c1-6-4-5-7(13-6)15(3)9(12-2)14-8(10)11/h4-5,13H,1-3H3,(H4,10,11,12,14). The van der Waals surface area contributed by atoms with Crippen LogP contribution in [-0.4, -0.2) is 31.0 Å². The van der Waals surface area contributed by atoms with Gasteiger partial charge in [-0.15, -0.1) is 0 Å². The summed E-state index contributed by atoms with van der Waals surface area (Å²) >= 11 is 0. The van der Waals surface area contributed by atoms with E-state index in [1.54, 1.807) is 11.9 Å². The van der Waals surface area contributed by atoms with Gasteiger partial charge in [0.25, 0.3) is 0 Å². The Bertz CT molecular complexity index is 378. The molecule has 5 N–H and O–H groups in total. The fraction of sp³-hybridized carbons (Fsp3) is 0.333. The molecule has 6 nitrogen and oxygen atoms in total. The van der Waals surface area contributed by atoms with Crippen LogP contribution in [0.4, 0.5) is 5.82 Å². The molecule has 6 heteroatoms. The van der Waals surface area contributed by atoms with Gasteiger partial charge < -0.3 is 15.6 Å². The van der Waals surface area contributed by atoms with Crippen LogP contribution in [0.15, 0.2) is 17.1 Å². The van der Waals surface area contributed by atoms with Crippen molar-refractivity contribution in [3.05, 3.63) is 17.8 Å². The van der Waals surface area contributed by atoms with Crippen LogP contribution in [0.5, 0.6) is 0 Å². The number of H-pyrrole nitrogens is 1. The van der Waals surface area contributed by atoms with E-state index >= 15 is 0 Å². The van der Waals surface area contributed by atoms with Crippen LogP contribution in [0.25, 0.3) is 0 Å². The van der Waals surface area contributed by atoms with E-state index in [1.807, 2.05) is 26.1 Å². The maximum Gasteiger partial charge on any atom is 0.205 e. The van der Waals surface area contributed by atoms with E-state index in [9.17, 15) is 0 Å². The lowest BCUT2D eigenvalue weighted by Gasteiger charge is -2.19. The van der Waals surface area contributed by atoms with Crippen LogP contribution in [0.3, 0.4) is 0 Å². The monoisotopic (exact) mass is 208 g/mol. The van der Waals surface area contributed by atoms with Gasteiger partial charge in [0.15, 0.2) is 5.96 Å². The Kier molecular flexibility index (Phi) is 3.33. The molecule has 0 fully saturated rings. The van der Waals surface area contributed by atoms with E-state index in [0.717, 1.165) is 11.5 Å². The minimum Gasteiger partial charge on any atom is -0.370 e. The van der Waals surface area contributed by atoms with Crippen molar-refractivity contribution >= 4 is 17.7 Å². The Morgan fingerprint density at radius 3 is 2.67 bits per heavy atom. The number of nitrogens with two attached hydrogens (primary N) is 1. The fourth-order valence-corrected chi connectivity index (χ4v) is 1.21. The highest BCUT2D eigenvalue weighted by molar-refractivity contribution is 6.04. The van der Waals surface area contributed by atoms with Crippen molar-refractivity contribution in [3.8, 4) is 0 Å². The van der Waals surface area contributed by atoms with Crippen molar-refractivity contribution in [2.45, 2.75) is 6.92 Å². The summed E-state index contributed by atoms with van der Waals surface area (Å²) in [4.78, 5) is 8.95. The molecule has 0 atom stereocenters. The number of aromatic amines is 1. The molecule has 1 rings (SSSR count). The lowest BCUT2D eigenvalue weighted by atomic mass is 10.5. The van der Waals surface area contributed by atoms with Crippen LogP contribution < -0.4 is 16.0 Å². The molecule has 0 spiro atoms. The summed E-state index contributed by atoms with van der Waals surface area (Å²) in [5, 5.41) is 9.79. The molecule has 0 aliphatic carbocycles. The predicted octanol–water partition coefficient (Wildman–Crippen LogP) is 0.228. The summed E-state index contributed by atoms with van der Waals surface area (Å²) in [6.07, 6.45) is 0. The van der Waals surface area contributed by atoms with Crippen LogP contribution in [0.1, 0.15) is 5.69 Å². The third-order valence-corrected chi connectivity index (χ3v) is 1.95. The van der Waals surface area contributed by atoms with Gasteiger partial charge in [-0.25, -0.2) is 0 Å². The van der Waals surface area contributed by atoms with Gasteiger partial charge in [0, 0.05) is 19.8 Å². The molecule has 0 aromatic carbocycles. The van der Waals surface area contributed by atoms with Crippen molar-refractivity contribution < 1.29 is 0 Å². The minimum absolute atomic E-state index is 0.134. The van der Waals surface area contributed by atoms with Crippen molar-refractivity contribution in [1.29, 1.82) is 5.41 Å². The van der Waals surface area contributed by atoms with Crippen molar-refractivity contribution in [1.82, 2.24) is 10.3 Å². The van der Waals surface area contributed by atoms with Crippen molar-refractivity contribution in [3.63, 3.8) is 0 Å². The van der Waals surface area contributed by atoms with Crippen LogP contribution in [0, 0.1) is 12.3 Å². The zero-order chi connectivity index (χ0) is 11.4. The number of guanidine groups is 2. The van der Waals surface area contributed by atoms with Gasteiger partial charge in [-0.05, 0) is 19.1 Å². The molecule has 0 saturated carbocycles. The predicted molar refractivity (Wildman–Crippen MR) is 62.3 cm³/mol. The molecule has 0 aliphatic rings. The number of hydrogen-bond donors (Lipinski definition) is 4. The lowest BCUT2D eigenvalue weighted by molar-refractivity contribution is 1.08. The number of aliphatic imine (C=N–C) groups is 1. The van der Waals surface area contributed by atoms with Crippen molar-refractivity contribution in [2.75, 3.05) is 19.0 Å². The number of anilines is 1. The summed E-state index contributed by atoms with van der Waals surface area (Å²) < 4.78 is 0. The fourth-order valence-electron chi connectivity index (χ4n) is 1.21. The molecule has 82 valence electrons. The molecule has 0 amide bonds. The first kappa shape index (κ1) is 11.1. The Morgan fingerprint density at radius 2 is 2.27 bits per heavy atom. The summed E-state index contributed by atoms with van der Waals surface area (Å²) in [5.41, 5.74) is 6.31. The van der Waals surface area contributed by atoms with Gasteiger partial charge in [-0.3, -0.25) is 15.7 Å². The van der Waals surface area contributed by atoms with Crippen molar-refractivity contribution in [2.24, 2.45) is 10.7 Å². The molecule has 0 unspecified atom stereocenters. The molecule has 15 heavy (non-hydrogen) atoms. The van der Waals surface area contributed by atoms with Gasteiger partial charge in [0.2, 0.25) is 5.96 Å². The van der Waals surface area contributed by atoms with Gasteiger partial charge in [0.05, 0.1) is 0 Å². The Balaban J connectivity index is 2.82. The topological polar surface area (TPSA) is 93.3 Å². The number of aromatic nitrogens is 1. The third-order valence-electron chi connectivity index (χ3n) is 1.95. The highest BCUT2D eigenvalue weighted by atomic mass is 15.3. The lowest BCUT2D eigenvalue weighted by Crippen LogP contribution is -2.45. The van der Waals surface area contributed by atoms with E-state index in [-0.39, 0.29) is 5.96 Å². The largest absolute Gasteiger partial charge is 0.370 e. The number of rotatable bonds is 1. The first-order chi connectivity index (χ1) is 7.04. The average Bonchev–Trinajstić information content (AvgIpc) is 2.60. The molecular weight excluding hydrogens is 192 g/mol. The molecular formula is C9H16N6. The quantitative estimate of drug-likeness (QED) is 0.393. The second kappa shape index (κ2) is 4.50. The molecule has 0 saturated heterocycles. The SMILES string of the molecule is C/N=C(/NC(=N)N)N(C)c1ccc(C)[nH]1. The molecule has 0 radical (unpaired) electrons. The zero-order valence-corrected chi connectivity index (χ0v) is 9.13. The molecule has 1 aromatic heterocycles. The molecule has 1 heterocycles. The second-order valence-corrected chi connectivity index (χ2v) is 3.17. The van der Waals surface area contributed by atoms with Gasteiger partial charge in [-0.1, -0.05) is 0 Å². The van der Waals surface area contributed by atoms with Gasteiger partial charge >= 0.3 is 0 Å². The normalized spacial score (nSPS) is 11.3. The van der Waals surface area contributed by atoms with Crippen LogP contribution in [0.2, 0.25) is 0 Å². The first-order valence-corrected chi connectivity index (χ1v) is 4.51. The van der Waals surface area contributed by atoms with E-state index in [1.165, 1.54) is 0 Å². The third kappa shape index (κ3) is 2.73. The number of hydrogen-bond acceptors (Lipinski definition) is 2. The number of nitrogens with one attached hydrogen (secondary N) is 3. The average molecular weight is 208 g/mol. The molecule has 0 aliphatic heterocycles. The summed E-state index contributed by atoms with van der Waals surface area (Å²) in [5.74, 6) is 1.27. The Morgan fingerprint density at radius 1 is 1.60 bits per heavy atom. The number of aryl methyl sites for hydroxylation is 1. The summed E-state index contributed by atoms with van der Waals surface area (Å²) in [6.45, 7) is 1.97. The smallest absolute Gasteiger partial charge is 0.205 e. The summed E-state index contributed by atoms with van der Waals surface area (Å²) in [7, 11) is 3.47. The number of nitrogens with zero attached hydrogens (tertiary/aromatic N) is 2. The van der Waals surface area contributed by atoms with E-state index in [0.29, 0.717) is 5.96 Å². The van der Waals surface area contributed by atoms with Gasteiger partial charge in [0.1, 0.15) is 5.82 Å². The van der Waals surface area contributed by atoms with Crippen LogP contribution in [-0.2, 0) is 0 Å². The zero-order valence-electron chi connectivity index (χ0n) is 9.13. The Hall–Kier alpha value is -1.98. The van der Waals surface area contributed by atoms with E-state index in [2.05, 4.69) is 15.3 Å². The highest BCUT2D eigenvalue weighted by Crippen LogP contribution is 2.10. The van der Waals surface area contributed by atoms with Crippen LogP contribution >= 0.6 is 0 Å². The minimum atomic E-state index is -0.134. The Labute approximate surface area is 88.7 Å². The maximum absolute atomic E-state index is 7.14. The van der Waals surface area contributed by atoms with E-state index < -0.39 is 0 Å². The van der Waals surface area contributed by atoms with E-state index in [4.69, 9.17) is 11.1 Å². The second-order valence-electron chi connectivity index (χ2n) is 3.17. The van der Waals surface area contributed by atoms with Gasteiger partial charge in [-0.2, -0.15) is 0 Å². The molecule has 1 aromatic rings.